The fourth-order valence-corrected chi connectivity index (χ4v) is 2.89. The largest absolute Gasteiger partial charge is 0.458 e. The highest BCUT2D eigenvalue weighted by molar-refractivity contribution is 5.81. The summed E-state index contributed by atoms with van der Waals surface area (Å²) in [5.41, 5.74) is 1.18. The summed E-state index contributed by atoms with van der Waals surface area (Å²) in [5, 5.41) is 11.8. The van der Waals surface area contributed by atoms with Gasteiger partial charge in [-0.3, -0.25) is 0 Å². The molecule has 3 nitrogen and oxygen atoms in total. The third-order valence-electron chi connectivity index (χ3n) is 3.86. The summed E-state index contributed by atoms with van der Waals surface area (Å²) in [6, 6.07) is 8.08. The van der Waals surface area contributed by atoms with Gasteiger partial charge in [-0.2, -0.15) is 0 Å². The van der Waals surface area contributed by atoms with Crippen molar-refractivity contribution >= 4 is 11.0 Å². The monoisotopic (exact) mass is 245 g/mol. The number of furan rings is 1. The average Bonchev–Trinajstić information content (AvgIpc) is 2.75. The minimum atomic E-state index is -0.835. The molecule has 1 aromatic carbocycles. The van der Waals surface area contributed by atoms with E-state index in [1.165, 1.54) is 0 Å². The van der Waals surface area contributed by atoms with Gasteiger partial charge < -0.3 is 14.4 Å². The van der Waals surface area contributed by atoms with Gasteiger partial charge in [0.15, 0.2) is 0 Å². The predicted molar refractivity (Wildman–Crippen MR) is 71.6 cm³/mol. The maximum absolute atomic E-state index is 10.8. The Hall–Kier alpha value is -1.32. The Kier molecular flexibility index (Phi) is 2.68. The van der Waals surface area contributed by atoms with Gasteiger partial charge in [0.2, 0.25) is 0 Å². The number of hydrogen-bond donors (Lipinski definition) is 1. The van der Waals surface area contributed by atoms with E-state index in [-0.39, 0.29) is 0 Å². The van der Waals surface area contributed by atoms with Crippen molar-refractivity contribution in [3.63, 3.8) is 0 Å². The first-order valence-corrected chi connectivity index (χ1v) is 6.49. The number of piperidine rings is 1. The molecular formula is C15H19NO2. The molecule has 18 heavy (non-hydrogen) atoms. The molecule has 1 atom stereocenters. The topological polar surface area (TPSA) is 36.6 Å². The van der Waals surface area contributed by atoms with Crippen LogP contribution in [0.1, 0.15) is 24.2 Å². The van der Waals surface area contributed by atoms with Crippen LogP contribution in [0.2, 0.25) is 0 Å². The molecule has 1 fully saturated rings. The Morgan fingerprint density at radius 3 is 2.94 bits per heavy atom. The van der Waals surface area contributed by atoms with Crippen molar-refractivity contribution in [1.82, 2.24) is 4.90 Å². The lowest BCUT2D eigenvalue weighted by Crippen LogP contribution is -2.43. The van der Waals surface area contributed by atoms with Crippen molar-refractivity contribution in [2.24, 2.45) is 0 Å². The van der Waals surface area contributed by atoms with Crippen LogP contribution in [0.3, 0.4) is 0 Å². The maximum Gasteiger partial charge on any atom is 0.138 e. The molecule has 1 aliphatic heterocycles. The number of benzene rings is 1. The second-order valence-corrected chi connectivity index (χ2v) is 5.48. The average molecular weight is 245 g/mol. The summed E-state index contributed by atoms with van der Waals surface area (Å²) in [4.78, 5) is 2.16. The van der Waals surface area contributed by atoms with E-state index in [0.717, 1.165) is 35.9 Å². The fourth-order valence-electron chi connectivity index (χ4n) is 2.89. The van der Waals surface area contributed by atoms with Gasteiger partial charge in [0.25, 0.3) is 0 Å². The third-order valence-corrected chi connectivity index (χ3v) is 3.86. The molecule has 0 radical (unpaired) electrons. The first kappa shape index (κ1) is 11.8. The highest BCUT2D eigenvalue weighted by Crippen LogP contribution is 2.35. The molecule has 1 unspecified atom stereocenters. The zero-order chi connectivity index (χ0) is 12.8. The van der Waals surface area contributed by atoms with Gasteiger partial charge in [-0.15, -0.1) is 0 Å². The maximum atomic E-state index is 10.8. The summed E-state index contributed by atoms with van der Waals surface area (Å²) in [6.45, 7) is 3.72. The molecule has 0 amide bonds. The fraction of sp³-hybridized carbons (Fsp3) is 0.467. The number of nitrogens with zero attached hydrogens (tertiary/aromatic N) is 1. The zero-order valence-electron chi connectivity index (χ0n) is 10.9. The number of likely N-dealkylation sites (tertiary alicyclic amines) is 1. The molecule has 1 aromatic heterocycles. The molecule has 1 aliphatic rings. The van der Waals surface area contributed by atoms with Crippen molar-refractivity contribution in [2.45, 2.75) is 25.4 Å². The molecular weight excluding hydrogens is 226 g/mol. The van der Waals surface area contributed by atoms with Crippen LogP contribution in [0.15, 0.2) is 28.7 Å². The molecule has 3 rings (SSSR count). The number of fused-ring (bicyclic) bond motifs is 1. The van der Waals surface area contributed by atoms with Crippen molar-refractivity contribution in [1.29, 1.82) is 0 Å². The lowest BCUT2D eigenvalue weighted by molar-refractivity contribution is -0.0429. The van der Waals surface area contributed by atoms with E-state index in [2.05, 4.69) is 4.90 Å². The van der Waals surface area contributed by atoms with E-state index in [1.807, 2.05) is 38.2 Å². The van der Waals surface area contributed by atoms with Gasteiger partial charge in [-0.1, -0.05) is 18.2 Å². The second kappa shape index (κ2) is 4.11. The van der Waals surface area contributed by atoms with Crippen molar-refractivity contribution < 1.29 is 9.52 Å². The summed E-state index contributed by atoms with van der Waals surface area (Å²) in [5.74, 6) is 0.707. The first-order chi connectivity index (χ1) is 8.58. The quantitative estimate of drug-likeness (QED) is 0.839. The van der Waals surface area contributed by atoms with Gasteiger partial charge >= 0.3 is 0 Å². The third kappa shape index (κ3) is 1.84. The van der Waals surface area contributed by atoms with E-state index in [0.29, 0.717) is 12.3 Å². The summed E-state index contributed by atoms with van der Waals surface area (Å²) >= 11 is 0. The van der Waals surface area contributed by atoms with Crippen LogP contribution in [0, 0.1) is 6.92 Å². The Labute approximate surface area is 107 Å². The predicted octanol–water partition coefficient (Wildman–Crippen LogP) is 2.65. The molecule has 0 bridgehead atoms. The highest BCUT2D eigenvalue weighted by atomic mass is 16.4. The molecule has 0 aliphatic carbocycles. The number of aryl methyl sites for hydroxylation is 1. The number of likely N-dealkylation sites (N-methyl/N-ethyl adjacent to an activating group) is 1. The summed E-state index contributed by atoms with van der Waals surface area (Å²) in [7, 11) is 2.04. The van der Waals surface area contributed by atoms with E-state index >= 15 is 0 Å². The molecule has 0 saturated carbocycles. The number of rotatable bonds is 1. The minimum absolute atomic E-state index is 0.645. The molecule has 96 valence electrons. The van der Waals surface area contributed by atoms with E-state index < -0.39 is 5.60 Å². The first-order valence-electron chi connectivity index (χ1n) is 6.49. The van der Waals surface area contributed by atoms with Gasteiger partial charge in [-0.25, -0.2) is 0 Å². The number of hydrogen-bond acceptors (Lipinski definition) is 3. The van der Waals surface area contributed by atoms with Crippen LogP contribution < -0.4 is 0 Å². The van der Waals surface area contributed by atoms with Crippen LogP contribution in [-0.4, -0.2) is 30.1 Å². The molecule has 3 heteroatoms. The van der Waals surface area contributed by atoms with Gasteiger partial charge in [-0.05, 0) is 45.0 Å². The normalized spacial score (nSPS) is 25.7. The molecule has 1 saturated heterocycles. The van der Waals surface area contributed by atoms with Crippen molar-refractivity contribution in [3.05, 3.63) is 35.6 Å². The summed E-state index contributed by atoms with van der Waals surface area (Å²) < 4.78 is 5.91. The van der Waals surface area contributed by atoms with E-state index in [4.69, 9.17) is 4.42 Å². The second-order valence-electron chi connectivity index (χ2n) is 5.48. The number of para-hydroxylation sites is 1. The SMILES string of the molecule is Cc1cccc2cc(C3(O)CCCN(C)C3)oc12. The van der Waals surface area contributed by atoms with Crippen molar-refractivity contribution in [3.8, 4) is 0 Å². The van der Waals surface area contributed by atoms with Crippen LogP contribution >= 0.6 is 0 Å². The smallest absolute Gasteiger partial charge is 0.138 e. The lowest BCUT2D eigenvalue weighted by atomic mass is 9.90. The molecule has 2 heterocycles. The van der Waals surface area contributed by atoms with Gasteiger partial charge in [0.05, 0.1) is 0 Å². The Morgan fingerprint density at radius 2 is 2.22 bits per heavy atom. The number of β-amino-alcohol motifs (C(OH)–C–C–N with tert-alkyl or cyclic N) is 1. The van der Waals surface area contributed by atoms with Gasteiger partial charge in [0, 0.05) is 11.9 Å². The molecule has 0 spiro atoms. The Balaban J connectivity index is 2.06. The molecule has 2 aromatic rings. The minimum Gasteiger partial charge on any atom is -0.458 e. The lowest BCUT2D eigenvalue weighted by Gasteiger charge is -2.35. The van der Waals surface area contributed by atoms with E-state index in [1.54, 1.807) is 0 Å². The summed E-state index contributed by atoms with van der Waals surface area (Å²) in [6.07, 6.45) is 1.78. The molecule has 1 N–H and O–H groups in total. The Bertz CT molecular complexity index is 575. The zero-order valence-corrected chi connectivity index (χ0v) is 10.9. The van der Waals surface area contributed by atoms with Crippen LogP contribution in [-0.2, 0) is 5.60 Å². The Morgan fingerprint density at radius 1 is 1.39 bits per heavy atom. The van der Waals surface area contributed by atoms with Crippen molar-refractivity contribution in [2.75, 3.05) is 20.1 Å². The van der Waals surface area contributed by atoms with Crippen LogP contribution in [0.4, 0.5) is 0 Å². The number of aliphatic hydroxyl groups is 1. The van der Waals surface area contributed by atoms with Crippen LogP contribution in [0.5, 0.6) is 0 Å². The van der Waals surface area contributed by atoms with Crippen LogP contribution in [0.25, 0.3) is 11.0 Å². The standard InChI is InChI=1S/C15H19NO2/c1-11-5-3-6-12-9-13(18-14(11)12)15(17)7-4-8-16(2)10-15/h3,5-6,9,17H,4,7-8,10H2,1-2H3. The van der Waals surface area contributed by atoms with Gasteiger partial charge in [0.1, 0.15) is 16.9 Å². The van der Waals surface area contributed by atoms with E-state index in [9.17, 15) is 5.11 Å². The highest BCUT2D eigenvalue weighted by Gasteiger charge is 2.36.